The van der Waals surface area contributed by atoms with Gasteiger partial charge in [-0.25, -0.2) is 4.98 Å². The number of nitrogens with zero attached hydrogens (tertiary/aromatic N) is 2. The summed E-state index contributed by atoms with van der Waals surface area (Å²) in [7, 11) is 0. The molecule has 5 heteroatoms. The molecule has 0 spiro atoms. The van der Waals surface area contributed by atoms with E-state index in [4.69, 9.17) is 4.98 Å². The van der Waals surface area contributed by atoms with Crippen LogP contribution in [0.2, 0.25) is 0 Å². The standard InChI is InChI=1S/C20H30N4O/c1-13(25)21-15-8-7-11-24-17(15)22-16(14-9-10-14)18(24)23-20(5,6)12-19(2,3)4/h7-8,11,14,23H,9-10,12H2,1-6H3,(H,21,25). The number of carbonyl (C=O) groups is 1. The van der Waals surface area contributed by atoms with Gasteiger partial charge in [0.05, 0.1) is 11.4 Å². The molecule has 1 amide bonds. The van der Waals surface area contributed by atoms with Crippen molar-refractivity contribution in [1.82, 2.24) is 9.38 Å². The second kappa shape index (κ2) is 6.04. The molecule has 2 heterocycles. The van der Waals surface area contributed by atoms with Crippen molar-refractivity contribution in [2.75, 3.05) is 10.6 Å². The third-order valence-corrected chi connectivity index (χ3v) is 4.38. The van der Waals surface area contributed by atoms with Crippen LogP contribution >= 0.6 is 0 Å². The SMILES string of the molecule is CC(=O)Nc1cccn2c(NC(C)(C)CC(C)(C)C)c(C3CC3)nc12. The fourth-order valence-electron chi connectivity index (χ4n) is 3.83. The van der Waals surface area contributed by atoms with Gasteiger partial charge in [-0.05, 0) is 50.7 Å². The number of rotatable bonds is 5. The molecular formula is C20H30N4O. The smallest absolute Gasteiger partial charge is 0.221 e. The molecule has 136 valence electrons. The number of hydrogen-bond donors (Lipinski definition) is 2. The lowest BCUT2D eigenvalue weighted by atomic mass is 9.82. The minimum atomic E-state index is -0.0772. The normalized spacial score (nSPS) is 15.4. The quantitative estimate of drug-likeness (QED) is 0.821. The summed E-state index contributed by atoms with van der Waals surface area (Å²) in [6, 6.07) is 3.86. The van der Waals surface area contributed by atoms with Gasteiger partial charge in [-0.15, -0.1) is 0 Å². The summed E-state index contributed by atoms with van der Waals surface area (Å²) in [4.78, 5) is 16.4. The zero-order chi connectivity index (χ0) is 18.4. The maximum Gasteiger partial charge on any atom is 0.221 e. The zero-order valence-corrected chi connectivity index (χ0v) is 16.2. The van der Waals surface area contributed by atoms with Crippen LogP contribution in [-0.2, 0) is 4.79 Å². The number of anilines is 2. The average molecular weight is 342 g/mol. The van der Waals surface area contributed by atoms with Crippen LogP contribution < -0.4 is 10.6 Å². The van der Waals surface area contributed by atoms with E-state index >= 15 is 0 Å². The van der Waals surface area contributed by atoms with Crippen LogP contribution in [0.1, 0.15) is 72.4 Å². The summed E-state index contributed by atoms with van der Waals surface area (Å²) in [5.74, 6) is 1.52. The van der Waals surface area contributed by atoms with E-state index in [0.717, 1.165) is 29.3 Å². The third-order valence-electron chi connectivity index (χ3n) is 4.38. The molecule has 2 N–H and O–H groups in total. The van der Waals surface area contributed by atoms with E-state index in [2.05, 4.69) is 49.7 Å². The average Bonchev–Trinajstić information content (AvgIpc) is 3.20. The Bertz CT molecular complexity index is 794. The number of fused-ring (bicyclic) bond motifs is 1. The summed E-state index contributed by atoms with van der Waals surface area (Å²) in [5, 5.41) is 6.65. The summed E-state index contributed by atoms with van der Waals surface area (Å²) in [6.07, 6.45) is 5.44. The lowest BCUT2D eigenvalue weighted by Gasteiger charge is -2.34. The molecule has 0 unspecified atom stereocenters. The molecule has 25 heavy (non-hydrogen) atoms. The van der Waals surface area contributed by atoms with Gasteiger partial charge in [0.1, 0.15) is 5.82 Å². The van der Waals surface area contributed by atoms with E-state index in [1.807, 2.05) is 18.3 Å². The highest BCUT2D eigenvalue weighted by Gasteiger charge is 2.34. The molecule has 5 nitrogen and oxygen atoms in total. The fraction of sp³-hybridized carbons (Fsp3) is 0.600. The number of hydrogen-bond acceptors (Lipinski definition) is 3. The topological polar surface area (TPSA) is 58.4 Å². The number of carbonyl (C=O) groups excluding carboxylic acids is 1. The number of amides is 1. The second-order valence-corrected chi connectivity index (χ2v) is 9.16. The summed E-state index contributed by atoms with van der Waals surface area (Å²) in [6.45, 7) is 12.8. The lowest BCUT2D eigenvalue weighted by molar-refractivity contribution is -0.114. The molecule has 0 bridgehead atoms. The number of pyridine rings is 1. The summed E-state index contributed by atoms with van der Waals surface area (Å²) >= 11 is 0. The van der Waals surface area contributed by atoms with Crippen molar-refractivity contribution < 1.29 is 4.79 Å². The Morgan fingerprint density at radius 3 is 2.52 bits per heavy atom. The van der Waals surface area contributed by atoms with Gasteiger partial charge in [0, 0.05) is 24.6 Å². The van der Waals surface area contributed by atoms with Gasteiger partial charge in [-0.2, -0.15) is 0 Å². The molecule has 1 fully saturated rings. The molecule has 0 radical (unpaired) electrons. The van der Waals surface area contributed by atoms with Crippen molar-refractivity contribution in [1.29, 1.82) is 0 Å². The van der Waals surface area contributed by atoms with Gasteiger partial charge in [0.2, 0.25) is 5.91 Å². The van der Waals surface area contributed by atoms with E-state index in [-0.39, 0.29) is 16.9 Å². The van der Waals surface area contributed by atoms with Crippen molar-refractivity contribution >= 4 is 23.1 Å². The highest BCUT2D eigenvalue weighted by atomic mass is 16.1. The van der Waals surface area contributed by atoms with E-state index in [1.54, 1.807) is 0 Å². The molecular weight excluding hydrogens is 312 g/mol. The van der Waals surface area contributed by atoms with Crippen LogP contribution in [0.15, 0.2) is 18.3 Å². The highest BCUT2D eigenvalue weighted by Crippen LogP contribution is 2.44. The summed E-state index contributed by atoms with van der Waals surface area (Å²) < 4.78 is 2.09. The first-order valence-electron chi connectivity index (χ1n) is 9.12. The van der Waals surface area contributed by atoms with Gasteiger partial charge in [-0.3, -0.25) is 9.20 Å². The zero-order valence-electron chi connectivity index (χ0n) is 16.2. The molecule has 2 aromatic rings. The Morgan fingerprint density at radius 2 is 1.96 bits per heavy atom. The molecule has 1 aliphatic rings. The fourth-order valence-corrected chi connectivity index (χ4v) is 3.83. The van der Waals surface area contributed by atoms with Crippen molar-refractivity contribution in [3.63, 3.8) is 0 Å². The molecule has 0 aromatic carbocycles. The van der Waals surface area contributed by atoms with E-state index < -0.39 is 0 Å². The largest absolute Gasteiger partial charge is 0.365 e. The van der Waals surface area contributed by atoms with Crippen molar-refractivity contribution in [2.45, 2.75) is 72.3 Å². The monoisotopic (exact) mass is 342 g/mol. The molecule has 3 rings (SSSR count). The number of nitrogens with one attached hydrogen (secondary N) is 2. The molecule has 2 aromatic heterocycles. The van der Waals surface area contributed by atoms with Gasteiger partial charge in [-0.1, -0.05) is 20.8 Å². The minimum Gasteiger partial charge on any atom is -0.365 e. The molecule has 0 saturated heterocycles. The second-order valence-electron chi connectivity index (χ2n) is 9.16. The first-order chi connectivity index (χ1) is 11.6. The predicted molar refractivity (Wildman–Crippen MR) is 103 cm³/mol. The maximum atomic E-state index is 11.5. The van der Waals surface area contributed by atoms with Crippen LogP contribution in [-0.4, -0.2) is 20.8 Å². The van der Waals surface area contributed by atoms with Crippen LogP contribution in [0, 0.1) is 5.41 Å². The van der Waals surface area contributed by atoms with E-state index in [9.17, 15) is 4.79 Å². The Balaban J connectivity index is 2.04. The minimum absolute atomic E-state index is 0.0537. The van der Waals surface area contributed by atoms with E-state index in [1.165, 1.54) is 19.8 Å². The lowest BCUT2D eigenvalue weighted by Crippen LogP contribution is -2.36. The maximum absolute atomic E-state index is 11.5. The molecule has 0 aliphatic heterocycles. The number of aromatic nitrogens is 2. The highest BCUT2D eigenvalue weighted by molar-refractivity contribution is 5.93. The van der Waals surface area contributed by atoms with Gasteiger partial charge < -0.3 is 10.6 Å². The molecule has 1 saturated carbocycles. The van der Waals surface area contributed by atoms with Crippen LogP contribution in [0.3, 0.4) is 0 Å². The van der Waals surface area contributed by atoms with Crippen molar-refractivity contribution in [2.24, 2.45) is 5.41 Å². The number of imidazole rings is 1. The Hall–Kier alpha value is -2.04. The molecule has 0 atom stereocenters. The van der Waals surface area contributed by atoms with Gasteiger partial charge in [0.25, 0.3) is 0 Å². The molecule has 1 aliphatic carbocycles. The Morgan fingerprint density at radius 1 is 1.28 bits per heavy atom. The van der Waals surface area contributed by atoms with Gasteiger partial charge in [0.15, 0.2) is 5.65 Å². The Kier molecular flexibility index (Phi) is 4.30. The van der Waals surface area contributed by atoms with E-state index in [0.29, 0.717) is 5.92 Å². The third kappa shape index (κ3) is 4.14. The predicted octanol–water partition coefficient (Wildman–Crippen LogP) is 4.80. The van der Waals surface area contributed by atoms with Crippen LogP contribution in [0.5, 0.6) is 0 Å². The van der Waals surface area contributed by atoms with Crippen molar-refractivity contribution in [3.8, 4) is 0 Å². The van der Waals surface area contributed by atoms with Crippen LogP contribution in [0.25, 0.3) is 5.65 Å². The Labute approximate surface area is 150 Å². The summed E-state index contributed by atoms with van der Waals surface area (Å²) in [5.41, 5.74) is 2.88. The first kappa shape index (κ1) is 17.8. The van der Waals surface area contributed by atoms with Gasteiger partial charge >= 0.3 is 0 Å². The first-order valence-corrected chi connectivity index (χ1v) is 9.12. The van der Waals surface area contributed by atoms with Crippen molar-refractivity contribution in [3.05, 3.63) is 24.0 Å². The van der Waals surface area contributed by atoms with Crippen LogP contribution in [0.4, 0.5) is 11.5 Å².